The summed E-state index contributed by atoms with van der Waals surface area (Å²) in [4.78, 5) is 19.3. The zero-order valence-electron chi connectivity index (χ0n) is 13.8. The van der Waals surface area contributed by atoms with E-state index in [0.717, 1.165) is 49.9 Å². The maximum absolute atomic E-state index is 5.95. The average Bonchev–Trinajstić information content (AvgIpc) is 2.60. The van der Waals surface area contributed by atoms with Crippen LogP contribution in [0.2, 0.25) is 0 Å². The Morgan fingerprint density at radius 3 is 2.62 bits per heavy atom. The van der Waals surface area contributed by atoms with Gasteiger partial charge in [-0.15, -0.1) is 0 Å². The van der Waals surface area contributed by atoms with Crippen LogP contribution in [-0.2, 0) is 0 Å². The van der Waals surface area contributed by atoms with Crippen molar-refractivity contribution in [3.8, 4) is 5.88 Å². The van der Waals surface area contributed by atoms with Crippen molar-refractivity contribution in [2.24, 2.45) is 5.92 Å². The summed E-state index contributed by atoms with van der Waals surface area (Å²) in [6.07, 6.45) is 11.1. The van der Waals surface area contributed by atoms with Gasteiger partial charge in [0.05, 0.1) is 12.3 Å². The Hall–Kier alpha value is -2.24. The van der Waals surface area contributed by atoms with Crippen LogP contribution in [-0.4, -0.2) is 39.6 Å². The monoisotopic (exact) mass is 325 g/mol. The summed E-state index contributed by atoms with van der Waals surface area (Å²) in [5, 5.41) is 0. The van der Waals surface area contributed by atoms with Crippen LogP contribution in [0.3, 0.4) is 0 Å². The first kappa shape index (κ1) is 15.3. The first-order chi connectivity index (χ1) is 11.9. The molecule has 0 N–H and O–H groups in total. The maximum Gasteiger partial charge on any atom is 0.216 e. The molecule has 1 saturated carbocycles. The van der Waals surface area contributed by atoms with E-state index < -0.39 is 0 Å². The highest BCUT2D eigenvalue weighted by Gasteiger charge is 2.23. The number of piperidine rings is 1. The molecule has 2 aromatic rings. The Kier molecular flexibility index (Phi) is 4.53. The number of hydrogen-bond acceptors (Lipinski definition) is 6. The fourth-order valence-corrected chi connectivity index (χ4v) is 3.36. The van der Waals surface area contributed by atoms with Crippen LogP contribution in [0.4, 0.5) is 5.82 Å². The van der Waals surface area contributed by atoms with Gasteiger partial charge in [-0.2, -0.15) is 0 Å². The Bertz CT molecular complexity index is 653. The van der Waals surface area contributed by atoms with Crippen LogP contribution in [0.1, 0.15) is 43.7 Å². The van der Waals surface area contributed by atoms with Gasteiger partial charge in [-0.3, -0.25) is 0 Å². The minimum atomic E-state index is 0.574. The Morgan fingerprint density at radius 1 is 1.04 bits per heavy atom. The molecule has 6 heteroatoms. The second-order valence-corrected chi connectivity index (χ2v) is 6.72. The molecule has 0 amide bonds. The first-order valence-corrected chi connectivity index (χ1v) is 8.84. The molecule has 2 aromatic heterocycles. The molecule has 24 heavy (non-hydrogen) atoms. The van der Waals surface area contributed by atoms with Crippen molar-refractivity contribution in [2.45, 2.75) is 38.0 Å². The molecule has 1 saturated heterocycles. The molecule has 126 valence electrons. The number of rotatable bonds is 5. The molecule has 0 radical (unpaired) electrons. The lowest BCUT2D eigenvalue weighted by molar-refractivity contribution is 0.215. The summed E-state index contributed by atoms with van der Waals surface area (Å²) < 4.78 is 5.95. The summed E-state index contributed by atoms with van der Waals surface area (Å²) in [5.41, 5.74) is 1.14. The van der Waals surface area contributed by atoms with E-state index in [2.05, 4.69) is 24.8 Å². The molecule has 0 aromatic carbocycles. The SMILES string of the molecule is c1cc(N2CCC(COc3cc(C4CCC4)ncn3)CC2)ncn1. The maximum atomic E-state index is 5.95. The zero-order valence-corrected chi connectivity index (χ0v) is 13.8. The molecule has 2 fully saturated rings. The third-order valence-electron chi connectivity index (χ3n) is 5.16. The van der Waals surface area contributed by atoms with E-state index in [9.17, 15) is 0 Å². The molecule has 3 heterocycles. The van der Waals surface area contributed by atoms with E-state index in [1.54, 1.807) is 18.9 Å². The molecule has 0 atom stereocenters. The molecule has 6 nitrogen and oxygen atoms in total. The summed E-state index contributed by atoms with van der Waals surface area (Å²) in [7, 11) is 0. The van der Waals surface area contributed by atoms with E-state index in [4.69, 9.17) is 4.74 Å². The molecule has 1 aliphatic heterocycles. The molecule has 0 bridgehead atoms. The van der Waals surface area contributed by atoms with Gasteiger partial charge in [-0.05, 0) is 37.7 Å². The number of hydrogen-bond donors (Lipinski definition) is 0. The lowest BCUT2D eigenvalue weighted by Gasteiger charge is -2.32. The molecule has 0 unspecified atom stereocenters. The average molecular weight is 325 g/mol. The standard InChI is InChI=1S/C18H23N5O/c1-2-15(3-1)16-10-18(22-13-20-16)24-11-14-5-8-23(9-6-14)17-4-7-19-12-21-17/h4,7,10,12-15H,1-3,5-6,8-9,11H2. The van der Waals surface area contributed by atoms with Gasteiger partial charge in [-0.1, -0.05) is 6.42 Å². The molecular weight excluding hydrogens is 302 g/mol. The van der Waals surface area contributed by atoms with E-state index in [-0.39, 0.29) is 0 Å². The van der Waals surface area contributed by atoms with Crippen molar-refractivity contribution >= 4 is 5.82 Å². The Balaban J connectivity index is 1.27. The topological polar surface area (TPSA) is 64.0 Å². The fraction of sp³-hybridized carbons (Fsp3) is 0.556. The zero-order chi connectivity index (χ0) is 16.2. The lowest BCUT2D eigenvalue weighted by atomic mass is 9.83. The van der Waals surface area contributed by atoms with Crippen molar-refractivity contribution in [2.75, 3.05) is 24.6 Å². The quantitative estimate of drug-likeness (QED) is 0.842. The van der Waals surface area contributed by atoms with E-state index in [1.165, 1.54) is 19.3 Å². The minimum Gasteiger partial charge on any atom is -0.477 e. The molecular formula is C18H23N5O. The number of aromatic nitrogens is 4. The van der Waals surface area contributed by atoms with Crippen LogP contribution in [0.5, 0.6) is 5.88 Å². The molecule has 2 aliphatic rings. The normalized spacial score (nSPS) is 19.1. The summed E-state index contributed by atoms with van der Waals surface area (Å²) in [6, 6.07) is 4.00. The van der Waals surface area contributed by atoms with Crippen molar-refractivity contribution in [1.29, 1.82) is 0 Å². The highest BCUT2D eigenvalue weighted by Crippen LogP contribution is 2.35. The molecule has 0 spiro atoms. The van der Waals surface area contributed by atoms with Gasteiger partial charge in [0.25, 0.3) is 0 Å². The summed E-state index contributed by atoms with van der Waals surface area (Å²) in [6.45, 7) is 2.77. The highest BCUT2D eigenvalue weighted by molar-refractivity contribution is 5.36. The second-order valence-electron chi connectivity index (χ2n) is 6.72. The van der Waals surface area contributed by atoms with Gasteiger partial charge in [0.15, 0.2) is 0 Å². The van der Waals surface area contributed by atoms with E-state index >= 15 is 0 Å². The van der Waals surface area contributed by atoms with Crippen LogP contribution in [0.25, 0.3) is 0 Å². The van der Waals surface area contributed by atoms with Crippen molar-refractivity contribution in [3.63, 3.8) is 0 Å². The first-order valence-electron chi connectivity index (χ1n) is 8.84. The van der Waals surface area contributed by atoms with Crippen LogP contribution in [0.15, 0.2) is 31.0 Å². The van der Waals surface area contributed by atoms with Crippen molar-refractivity contribution in [3.05, 3.63) is 36.7 Å². The Morgan fingerprint density at radius 2 is 1.92 bits per heavy atom. The smallest absolute Gasteiger partial charge is 0.216 e. The predicted molar refractivity (Wildman–Crippen MR) is 91.1 cm³/mol. The van der Waals surface area contributed by atoms with E-state index in [1.807, 2.05) is 12.1 Å². The Labute approximate surface area is 142 Å². The third kappa shape index (κ3) is 3.47. The van der Waals surface area contributed by atoms with Gasteiger partial charge >= 0.3 is 0 Å². The fourth-order valence-electron chi connectivity index (χ4n) is 3.36. The lowest BCUT2D eigenvalue weighted by Crippen LogP contribution is -2.36. The van der Waals surface area contributed by atoms with Crippen LogP contribution in [0, 0.1) is 5.92 Å². The highest BCUT2D eigenvalue weighted by atomic mass is 16.5. The number of nitrogens with zero attached hydrogens (tertiary/aromatic N) is 5. The minimum absolute atomic E-state index is 0.574. The van der Waals surface area contributed by atoms with Crippen molar-refractivity contribution < 1.29 is 4.74 Å². The predicted octanol–water partition coefficient (Wildman–Crippen LogP) is 2.83. The number of anilines is 1. The van der Waals surface area contributed by atoms with Crippen molar-refractivity contribution in [1.82, 2.24) is 19.9 Å². The summed E-state index contributed by atoms with van der Waals surface area (Å²) >= 11 is 0. The van der Waals surface area contributed by atoms with Gasteiger partial charge in [0.2, 0.25) is 5.88 Å². The van der Waals surface area contributed by atoms with Gasteiger partial charge < -0.3 is 9.64 Å². The van der Waals surface area contributed by atoms with Crippen LogP contribution >= 0.6 is 0 Å². The second kappa shape index (κ2) is 7.11. The van der Waals surface area contributed by atoms with Crippen LogP contribution < -0.4 is 9.64 Å². The van der Waals surface area contributed by atoms with E-state index in [0.29, 0.717) is 11.8 Å². The molecule has 4 rings (SSSR count). The van der Waals surface area contributed by atoms with Gasteiger partial charge in [0.1, 0.15) is 18.5 Å². The third-order valence-corrected chi connectivity index (χ3v) is 5.16. The largest absolute Gasteiger partial charge is 0.477 e. The van der Waals surface area contributed by atoms with Gasteiger partial charge in [-0.25, -0.2) is 19.9 Å². The summed E-state index contributed by atoms with van der Waals surface area (Å²) in [5.74, 6) is 2.94. The number of ether oxygens (including phenoxy) is 1. The van der Waals surface area contributed by atoms with Gasteiger partial charge in [0, 0.05) is 31.3 Å². The molecule has 1 aliphatic carbocycles.